The summed E-state index contributed by atoms with van der Waals surface area (Å²) in [4.78, 5) is 8.61. The van der Waals surface area contributed by atoms with E-state index in [0.717, 1.165) is 10.5 Å². The van der Waals surface area contributed by atoms with Crippen molar-refractivity contribution in [3.63, 3.8) is 0 Å². The molecule has 3 saturated carbocycles. The zero-order valence-electron chi connectivity index (χ0n) is 6.63. The molecule has 1 aromatic heterocycles. The van der Waals surface area contributed by atoms with Gasteiger partial charge < -0.3 is 0 Å². The summed E-state index contributed by atoms with van der Waals surface area (Å²) < 4.78 is 0.865. The third kappa shape index (κ3) is 0.750. The molecule has 0 unspecified atom stereocenters. The number of hydrogen-bond donors (Lipinski definition) is 0. The van der Waals surface area contributed by atoms with E-state index >= 15 is 0 Å². The highest BCUT2D eigenvalue weighted by Crippen LogP contribution is 2.64. The first-order valence-electron chi connectivity index (χ1n) is 4.27. The number of nitrogens with zero attached hydrogens (tertiary/aromatic N) is 2. The van der Waals surface area contributed by atoms with Crippen LogP contribution in [0, 0.1) is 5.92 Å². The number of aromatic nitrogens is 2. The maximum atomic E-state index is 4.46. The van der Waals surface area contributed by atoms with Gasteiger partial charge >= 0.3 is 0 Å². The van der Waals surface area contributed by atoms with Crippen molar-refractivity contribution in [3.05, 3.63) is 22.7 Å². The Morgan fingerprint density at radius 3 is 2.58 bits per heavy atom. The molecule has 2 bridgehead atoms. The Kier molecular flexibility index (Phi) is 1.21. The smallest absolute Gasteiger partial charge is 0.124 e. The molecular weight excluding hydrogens is 216 g/mol. The molecule has 3 aliphatic rings. The lowest BCUT2D eigenvalue weighted by atomic mass is 9.43. The molecule has 0 N–H and O–H groups in total. The van der Waals surface area contributed by atoms with Crippen LogP contribution in [0.25, 0.3) is 0 Å². The third-order valence-electron chi connectivity index (χ3n) is 3.19. The minimum absolute atomic E-state index is 0.446. The van der Waals surface area contributed by atoms with Crippen LogP contribution in [0.5, 0.6) is 0 Å². The maximum Gasteiger partial charge on any atom is 0.124 e. The molecule has 4 rings (SSSR count). The van der Waals surface area contributed by atoms with Crippen molar-refractivity contribution >= 4 is 15.9 Å². The molecule has 0 radical (unpaired) electrons. The van der Waals surface area contributed by atoms with Crippen molar-refractivity contribution in [2.75, 3.05) is 0 Å². The molecule has 2 nitrogen and oxygen atoms in total. The molecule has 12 heavy (non-hydrogen) atoms. The lowest BCUT2D eigenvalue weighted by Crippen LogP contribution is -2.55. The van der Waals surface area contributed by atoms with Crippen molar-refractivity contribution in [2.24, 2.45) is 5.92 Å². The van der Waals surface area contributed by atoms with Crippen LogP contribution in [-0.2, 0) is 5.41 Å². The fourth-order valence-corrected chi connectivity index (χ4v) is 2.70. The summed E-state index contributed by atoms with van der Waals surface area (Å²) in [6.07, 6.45) is 7.70. The highest BCUT2D eigenvalue weighted by atomic mass is 79.9. The van der Waals surface area contributed by atoms with Crippen molar-refractivity contribution < 1.29 is 0 Å². The monoisotopic (exact) mass is 224 g/mol. The topological polar surface area (TPSA) is 25.8 Å². The van der Waals surface area contributed by atoms with Crippen LogP contribution in [0.1, 0.15) is 25.0 Å². The minimum Gasteiger partial charge on any atom is -0.260 e. The van der Waals surface area contributed by atoms with Gasteiger partial charge in [0.15, 0.2) is 0 Å². The molecule has 1 aromatic rings. The van der Waals surface area contributed by atoms with Crippen molar-refractivity contribution in [1.82, 2.24) is 9.97 Å². The zero-order valence-corrected chi connectivity index (χ0v) is 8.21. The van der Waals surface area contributed by atoms with Gasteiger partial charge in [-0.2, -0.15) is 0 Å². The standard InChI is InChI=1S/C9H9BrN2/c10-8-5-11-4-7(12-8)9-1-6(2-9)3-9/h4-6H,1-3H2. The SMILES string of the molecule is Brc1cncc(C23CC(C2)C3)n1. The minimum atomic E-state index is 0.446. The Morgan fingerprint density at radius 1 is 1.33 bits per heavy atom. The first-order chi connectivity index (χ1) is 5.78. The van der Waals surface area contributed by atoms with Gasteiger partial charge in [0.05, 0.1) is 11.9 Å². The first kappa shape index (κ1) is 7.01. The Bertz CT molecular complexity index is 320. The number of hydrogen-bond acceptors (Lipinski definition) is 2. The number of rotatable bonds is 1. The lowest BCUT2D eigenvalue weighted by molar-refractivity contribution is -0.0312. The van der Waals surface area contributed by atoms with E-state index in [4.69, 9.17) is 0 Å². The third-order valence-corrected chi connectivity index (χ3v) is 3.57. The Balaban J connectivity index is 2.01. The molecule has 0 spiro atoms. The molecule has 0 atom stereocenters. The van der Waals surface area contributed by atoms with Gasteiger partial charge in [-0.15, -0.1) is 0 Å². The van der Waals surface area contributed by atoms with E-state index in [9.17, 15) is 0 Å². The predicted molar refractivity (Wildman–Crippen MR) is 48.8 cm³/mol. The van der Waals surface area contributed by atoms with Gasteiger partial charge in [-0.3, -0.25) is 4.98 Å². The largest absolute Gasteiger partial charge is 0.260 e. The normalized spacial score (nSPS) is 36.9. The second-order valence-corrected chi connectivity index (χ2v) is 4.80. The van der Waals surface area contributed by atoms with Gasteiger partial charge in [0.1, 0.15) is 4.60 Å². The van der Waals surface area contributed by atoms with Gasteiger partial charge in [-0.25, -0.2) is 4.98 Å². The highest BCUT2D eigenvalue weighted by molar-refractivity contribution is 9.10. The van der Waals surface area contributed by atoms with Crippen LogP contribution in [-0.4, -0.2) is 9.97 Å². The summed E-state index contributed by atoms with van der Waals surface area (Å²) in [7, 11) is 0. The second-order valence-electron chi connectivity index (χ2n) is 3.99. The summed E-state index contributed by atoms with van der Waals surface area (Å²) >= 11 is 3.35. The Labute approximate surface area is 79.6 Å². The van der Waals surface area contributed by atoms with E-state index in [1.54, 1.807) is 6.20 Å². The molecule has 1 heterocycles. The lowest BCUT2D eigenvalue weighted by Gasteiger charge is -2.61. The second kappa shape index (κ2) is 2.08. The Morgan fingerprint density at radius 2 is 2.08 bits per heavy atom. The molecule has 3 fully saturated rings. The van der Waals surface area contributed by atoms with Crippen LogP contribution < -0.4 is 0 Å². The fraction of sp³-hybridized carbons (Fsp3) is 0.556. The van der Waals surface area contributed by atoms with Gasteiger partial charge in [-0.05, 0) is 41.1 Å². The fourth-order valence-electron chi connectivity index (χ4n) is 2.39. The summed E-state index contributed by atoms with van der Waals surface area (Å²) in [5, 5.41) is 0. The maximum absolute atomic E-state index is 4.46. The molecule has 0 amide bonds. The number of halogens is 1. The van der Waals surface area contributed by atoms with Gasteiger partial charge in [0, 0.05) is 11.6 Å². The molecule has 0 aromatic carbocycles. The quantitative estimate of drug-likeness (QED) is 0.732. The van der Waals surface area contributed by atoms with E-state index in [2.05, 4.69) is 25.9 Å². The van der Waals surface area contributed by atoms with E-state index in [0.29, 0.717) is 5.41 Å². The van der Waals surface area contributed by atoms with Gasteiger partial charge in [0.25, 0.3) is 0 Å². The van der Waals surface area contributed by atoms with Crippen LogP contribution in [0.15, 0.2) is 17.0 Å². The van der Waals surface area contributed by atoms with E-state index in [1.165, 1.54) is 25.0 Å². The summed E-state index contributed by atoms with van der Waals surface area (Å²) in [6, 6.07) is 0. The highest BCUT2D eigenvalue weighted by Gasteiger charge is 2.58. The average molecular weight is 225 g/mol. The van der Waals surface area contributed by atoms with Gasteiger partial charge in [0.2, 0.25) is 0 Å². The van der Waals surface area contributed by atoms with Crippen molar-refractivity contribution in [1.29, 1.82) is 0 Å². The first-order valence-corrected chi connectivity index (χ1v) is 5.06. The van der Waals surface area contributed by atoms with Gasteiger partial charge in [-0.1, -0.05) is 0 Å². The van der Waals surface area contributed by atoms with Crippen LogP contribution in [0.2, 0.25) is 0 Å². The van der Waals surface area contributed by atoms with E-state index < -0.39 is 0 Å². The summed E-state index contributed by atoms with van der Waals surface area (Å²) in [6.45, 7) is 0. The molecule has 3 heteroatoms. The molecule has 3 aliphatic carbocycles. The summed E-state index contributed by atoms with van der Waals surface area (Å²) in [5.41, 5.74) is 1.64. The van der Waals surface area contributed by atoms with Crippen LogP contribution in [0.4, 0.5) is 0 Å². The van der Waals surface area contributed by atoms with E-state index in [-0.39, 0.29) is 0 Å². The molecule has 0 aliphatic heterocycles. The molecular formula is C9H9BrN2. The van der Waals surface area contributed by atoms with Crippen molar-refractivity contribution in [2.45, 2.75) is 24.7 Å². The van der Waals surface area contributed by atoms with Crippen LogP contribution in [0.3, 0.4) is 0 Å². The predicted octanol–water partition coefficient (Wildman–Crippen LogP) is 2.29. The molecule has 0 saturated heterocycles. The zero-order chi connectivity index (χ0) is 8.18. The average Bonchev–Trinajstić information content (AvgIpc) is 1.79. The van der Waals surface area contributed by atoms with E-state index in [1.807, 2.05) is 6.20 Å². The Hall–Kier alpha value is -0.440. The molecule has 62 valence electrons. The van der Waals surface area contributed by atoms with Crippen molar-refractivity contribution in [3.8, 4) is 0 Å². The summed E-state index contributed by atoms with van der Waals surface area (Å²) in [5.74, 6) is 1.01. The van der Waals surface area contributed by atoms with Crippen LogP contribution >= 0.6 is 15.9 Å².